The third-order valence-corrected chi connectivity index (χ3v) is 4.36. The number of aryl methyl sites for hydroxylation is 1. The Morgan fingerprint density at radius 2 is 2.32 bits per heavy atom. The Hall–Kier alpha value is -1.31. The van der Waals surface area contributed by atoms with Gasteiger partial charge in [-0.25, -0.2) is 9.97 Å². The highest BCUT2D eigenvalue weighted by Crippen LogP contribution is 2.16. The average molecular weight is 296 g/mol. The lowest BCUT2D eigenvalue weighted by Gasteiger charge is -2.19. The molecule has 1 unspecified atom stereocenters. The number of amides is 1. The van der Waals surface area contributed by atoms with Crippen LogP contribution >= 0.6 is 22.7 Å². The Morgan fingerprint density at radius 3 is 2.89 bits per heavy atom. The molecule has 1 atom stereocenters. The highest BCUT2D eigenvalue weighted by molar-refractivity contribution is 7.09. The average Bonchev–Trinajstić information content (AvgIpc) is 3.07. The van der Waals surface area contributed by atoms with Gasteiger partial charge in [-0.15, -0.1) is 22.7 Å². The van der Waals surface area contributed by atoms with Gasteiger partial charge in [0.15, 0.2) is 0 Å². The standard InChI is InChI=1S/C12H16N4OS2/c1-3-10-15-8(5-19-10)4-16(2)12(17)11(13)9-6-18-7-14-9/h5-7,11H,3-4,13H2,1-2H3. The van der Waals surface area contributed by atoms with Gasteiger partial charge in [-0.2, -0.15) is 0 Å². The van der Waals surface area contributed by atoms with Crippen molar-refractivity contribution in [3.63, 3.8) is 0 Å². The van der Waals surface area contributed by atoms with Crippen LogP contribution in [0.3, 0.4) is 0 Å². The van der Waals surface area contributed by atoms with Crippen molar-refractivity contribution in [2.75, 3.05) is 7.05 Å². The summed E-state index contributed by atoms with van der Waals surface area (Å²) in [6, 6.07) is -0.694. The van der Waals surface area contributed by atoms with Gasteiger partial charge in [0.1, 0.15) is 6.04 Å². The largest absolute Gasteiger partial charge is 0.338 e. The van der Waals surface area contributed by atoms with Crippen molar-refractivity contribution in [3.8, 4) is 0 Å². The van der Waals surface area contributed by atoms with E-state index in [0.29, 0.717) is 12.2 Å². The summed E-state index contributed by atoms with van der Waals surface area (Å²) in [5.74, 6) is -0.142. The minimum absolute atomic E-state index is 0.142. The van der Waals surface area contributed by atoms with Crippen LogP contribution in [0.5, 0.6) is 0 Å². The summed E-state index contributed by atoms with van der Waals surface area (Å²) in [4.78, 5) is 22.3. The minimum atomic E-state index is -0.694. The van der Waals surface area contributed by atoms with E-state index in [0.717, 1.165) is 17.1 Å². The second kappa shape index (κ2) is 6.23. The van der Waals surface area contributed by atoms with Crippen molar-refractivity contribution in [3.05, 3.63) is 32.7 Å². The monoisotopic (exact) mass is 296 g/mol. The van der Waals surface area contributed by atoms with Crippen LogP contribution in [-0.2, 0) is 17.8 Å². The molecule has 0 aliphatic carbocycles. The number of carbonyl (C=O) groups is 1. The molecule has 0 aromatic carbocycles. The maximum absolute atomic E-state index is 12.2. The molecule has 102 valence electrons. The molecule has 2 N–H and O–H groups in total. The molecule has 0 saturated carbocycles. The first-order chi connectivity index (χ1) is 9.11. The summed E-state index contributed by atoms with van der Waals surface area (Å²) in [5, 5.41) is 4.87. The van der Waals surface area contributed by atoms with Crippen molar-refractivity contribution >= 4 is 28.6 Å². The quantitative estimate of drug-likeness (QED) is 0.913. The number of aromatic nitrogens is 2. The molecule has 7 heteroatoms. The Bertz CT molecular complexity index is 538. The van der Waals surface area contributed by atoms with Gasteiger partial charge in [-0.1, -0.05) is 6.92 Å². The molecular formula is C12H16N4OS2. The lowest BCUT2D eigenvalue weighted by molar-refractivity contribution is -0.132. The van der Waals surface area contributed by atoms with E-state index in [1.807, 2.05) is 5.38 Å². The molecule has 2 heterocycles. The van der Waals surface area contributed by atoms with Crippen molar-refractivity contribution in [2.45, 2.75) is 25.9 Å². The summed E-state index contributed by atoms with van der Waals surface area (Å²) in [5.41, 5.74) is 9.11. The third-order valence-electron chi connectivity index (χ3n) is 2.71. The Kier molecular flexibility index (Phi) is 4.62. The van der Waals surface area contributed by atoms with E-state index in [1.54, 1.807) is 34.2 Å². The van der Waals surface area contributed by atoms with Crippen LogP contribution in [0.2, 0.25) is 0 Å². The molecule has 0 spiro atoms. The van der Waals surface area contributed by atoms with Crippen LogP contribution in [0.1, 0.15) is 29.4 Å². The lowest BCUT2D eigenvalue weighted by atomic mass is 10.2. The van der Waals surface area contributed by atoms with E-state index >= 15 is 0 Å². The number of hydrogen-bond donors (Lipinski definition) is 1. The van der Waals surface area contributed by atoms with E-state index in [9.17, 15) is 4.79 Å². The summed E-state index contributed by atoms with van der Waals surface area (Å²) < 4.78 is 0. The number of nitrogens with two attached hydrogens (primary N) is 1. The van der Waals surface area contributed by atoms with E-state index in [-0.39, 0.29) is 5.91 Å². The number of carbonyl (C=O) groups excluding carboxylic acids is 1. The van der Waals surface area contributed by atoms with Crippen LogP contribution < -0.4 is 5.73 Å². The van der Waals surface area contributed by atoms with E-state index in [2.05, 4.69) is 16.9 Å². The van der Waals surface area contributed by atoms with Crippen molar-refractivity contribution < 1.29 is 4.79 Å². The molecule has 2 aromatic heterocycles. The smallest absolute Gasteiger partial charge is 0.245 e. The molecule has 19 heavy (non-hydrogen) atoms. The first-order valence-corrected chi connectivity index (χ1v) is 7.76. The van der Waals surface area contributed by atoms with Crippen LogP contribution in [0.15, 0.2) is 16.3 Å². The molecule has 0 aliphatic heterocycles. The van der Waals surface area contributed by atoms with E-state index in [4.69, 9.17) is 5.73 Å². The maximum Gasteiger partial charge on any atom is 0.245 e. The van der Waals surface area contributed by atoms with Crippen LogP contribution in [0.4, 0.5) is 0 Å². The first kappa shape index (κ1) is 14.1. The second-order valence-electron chi connectivity index (χ2n) is 4.17. The summed E-state index contributed by atoms with van der Waals surface area (Å²) in [6.07, 6.45) is 0.917. The fraction of sp³-hybridized carbons (Fsp3) is 0.417. The molecule has 5 nitrogen and oxygen atoms in total. The Morgan fingerprint density at radius 1 is 1.53 bits per heavy atom. The number of likely N-dealkylation sites (N-methyl/N-ethyl adjacent to an activating group) is 1. The highest BCUT2D eigenvalue weighted by Gasteiger charge is 2.21. The Labute approximate surface area is 120 Å². The zero-order chi connectivity index (χ0) is 13.8. The van der Waals surface area contributed by atoms with Crippen molar-refractivity contribution in [1.29, 1.82) is 0 Å². The molecule has 0 bridgehead atoms. The normalized spacial score (nSPS) is 12.4. The SMILES string of the molecule is CCc1nc(CN(C)C(=O)C(N)c2cscn2)cs1. The maximum atomic E-state index is 12.2. The molecule has 2 rings (SSSR count). The molecule has 1 amide bonds. The molecule has 2 aromatic rings. The van der Waals surface area contributed by atoms with Gasteiger partial charge in [0.05, 0.1) is 28.5 Å². The number of rotatable bonds is 5. The number of nitrogens with zero attached hydrogens (tertiary/aromatic N) is 3. The van der Waals surface area contributed by atoms with Crippen molar-refractivity contribution in [2.24, 2.45) is 5.73 Å². The van der Waals surface area contributed by atoms with Crippen molar-refractivity contribution in [1.82, 2.24) is 14.9 Å². The third kappa shape index (κ3) is 3.37. The molecule has 0 fully saturated rings. The van der Waals surface area contributed by atoms with E-state index in [1.165, 1.54) is 11.3 Å². The Balaban J connectivity index is 1.99. The van der Waals surface area contributed by atoms with Crippen LogP contribution in [-0.4, -0.2) is 27.8 Å². The van der Waals surface area contributed by atoms with Crippen LogP contribution in [0.25, 0.3) is 0 Å². The zero-order valence-electron chi connectivity index (χ0n) is 10.9. The molecular weight excluding hydrogens is 280 g/mol. The fourth-order valence-electron chi connectivity index (χ4n) is 1.64. The van der Waals surface area contributed by atoms with Crippen LogP contribution in [0, 0.1) is 0 Å². The molecule has 0 radical (unpaired) electrons. The molecule has 0 saturated heterocycles. The van der Waals surface area contributed by atoms with E-state index < -0.39 is 6.04 Å². The number of hydrogen-bond acceptors (Lipinski definition) is 6. The van der Waals surface area contributed by atoms with Gasteiger partial charge >= 0.3 is 0 Å². The topological polar surface area (TPSA) is 72.1 Å². The van der Waals surface area contributed by atoms with Gasteiger partial charge in [0.25, 0.3) is 0 Å². The zero-order valence-corrected chi connectivity index (χ0v) is 12.5. The van der Waals surface area contributed by atoms with Gasteiger partial charge in [-0.3, -0.25) is 4.79 Å². The summed E-state index contributed by atoms with van der Waals surface area (Å²) in [7, 11) is 1.74. The fourth-order valence-corrected chi connectivity index (χ4v) is 2.97. The highest BCUT2D eigenvalue weighted by atomic mass is 32.1. The lowest BCUT2D eigenvalue weighted by Crippen LogP contribution is -2.35. The second-order valence-corrected chi connectivity index (χ2v) is 5.83. The predicted octanol–water partition coefficient (Wildman–Crippen LogP) is 1.82. The molecule has 0 aliphatic rings. The summed E-state index contributed by atoms with van der Waals surface area (Å²) >= 11 is 3.05. The van der Waals surface area contributed by atoms with Gasteiger partial charge in [0.2, 0.25) is 5.91 Å². The van der Waals surface area contributed by atoms with Gasteiger partial charge in [0, 0.05) is 17.8 Å². The summed E-state index contributed by atoms with van der Waals surface area (Å²) in [6.45, 7) is 2.54. The minimum Gasteiger partial charge on any atom is -0.338 e. The van der Waals surface area contributed by atoms with Gasteiger partial charge < -0.3 is 10.6 Å². The first-order valence-electron chi connectivity index (χ1n) is 5.93. The predicted molar refractivity (Wildman–Crippen MR) is 77.0 cm³/mol. The number of thiazole rings is 2. The van der Waals surface area contributed by atoms with Gasteiger partial charge in [-0.05, 0) is 6.42 Å².